The van der Waals surface area contributed by atoms with Gasteiger partial charge in [-0.1, -0.05) is 32.2 Å². The molecule has 0 bridgehead atoms. The van der Waals surface area contributed by atoms with E-state index < -0.39 is 24.2 Å². The van der Waals surface area contributed by atoms with E-state index in [1.807, 2.05) is 18.2 Å². The van der Waals surface area contributed by atoms with Gasteiger partial charge in [0.05, 0.1) is 32.3 Å². The smallest absolute Gasteiger partial charge is 0.343 e. The number of ether oxygens (including phenoxy) is 5. The molecule has 3 aromatic carbocycles. The van der Waals surface area contributed by atoms with E-state index in [4.69, 9.17) is 18.9 Å². The Hall–Kier alpha value is -4.89. The van der Waals surface area contributed by atoms with Crippen molar-refractivity contribution in [1.29, 1.82) is 0 Å². The molecule has 1 aliphatic rings. The van der Waals surface area contributed by atoms with E-state index in [9.17, 15) is 19.5 Å². The van der Waals surface area contributed by atoms with Gasteiger partial charge < -0.3 is 28.8 Å². The van der Waals surface area contributed by atoms with Crippen LogP contribution in [0.15, 0.2) is 79.4 Å². The quantitative estimate of drug-likeness (QED) is 0.0455. The number of carbonyl (C=O) groups is 3. The summed E-state index contributed by atoms with van der Waals surface area (Å²) in [6, 6.07) is 15.9. The fourth-order valence-corrected chi connectivity index (χ4v) is 5.39. The fourth-order valence-electron chi connectivity index (χ4n) is 5.39. The molecule has 2 unspecified atom stereocenters. The Morgan fingerprint density at radius 3 is 2.30 bits per heavy atom. The molecule has 0 spiro atoms. The van der Waals surface area contributed by atoms with Crippen LogP contribution in [0.25, 0.3) is 11.1 Å². The zero-order chi connectivity index (χ0) is 33.2. The Labute approximate surface area is 269 Å². The lowest BCUT2D eigenvalue weighted by atomic mass is 9.94. The molecule has 9 heteroatoms. The number of esters is 3. The van der Waals surface area contributed by atoms with Gasteiger partial charge in [0.2, 0.25) is 6.29 Å². The predicted molar refractivity (Wildman–Crippen MR) is 173 cm³/mol. The molecule has 0 heterocycles. The molecule has 0 saturated carbocycles. The molecule has 1 aliphatic carbocycles. The summed E-state index contributed by atoms with van der Waals surface area (Å²) in [5.74, 6) is 0.122. The Morgan fingerprint density at radius 2 is 1.61 bits per heavy atom. The van der Waals surface area contributed by atoms with Crippen LogP contribution >= 0.6 is 0 Å². The van der Waals surface area contributed by atoms with Crippen LogP contribution in [0.1, 0.15) is 72.0 Å². The molecule has 0 aromatic heterocycles. The Morgan fingerprint density at radius 1 is 0.935 bits per heavy atom. The van der Waals surface area contributed by atoms with Crippen molar-refractivity contribution in [2.75, 3.05) is 20.3 Å². The van der Waals surface area contributed by atoms with Gasteiger partial charge in [0.1, 0.15) is 17.2 Å². The van der Waals surface area contributed by atoms with Gasteiger partial charge in [0, 0.05) is 17.6 Å². The minimum absolute atomic E-state index is 0.0661. The number of rotatable bonds is 16. The first-order chi connectivity index (χ1) is 22.1. The van der Waals surface area contributed by atoms with Crippen molar-refractivity contribution in [3.63, 3.8) is 0 Å². The normalized spacial score (nSPS) is 13.5. The highest BCUT2D eigenvalue weighted by Gasteiger charge is 2.29. The average molecular weight is 629 g/mol. The number of aliphatic hydroxyl groups excluding tert-OH is 1. The highest BCUT2D eigenvalue weighted by Crippen LogP contribution is 2.48. The lowest BCUT2D eigenvalue weighted by molar-refractivity contribution is -0.140. The molecule has 2 atom stereocenters. The molecule has 0 amide bonds. The van der Waals surface area contributed by atoms with Crippen molar-refractivity contribution in [1.82, 2.24) is 0 Å². The van der Waals surface area contributed by atoms with E-state index in [1.54, 1.807) is 30.3 Å². The summed E-state index contributed by atoms with van der Waals surface area (Å²) in [7, 11) is 1.25. The standard InChI is InChI=1S/C37H40O9/c1-6-33(38)44-20-10-8-7-9-19-43-32-18-17-30-29-16-11-26(22-31(29)24(3)35(30)25(32)4)37(41)46-28-14-12-27(13-15-28)45-36(40)23(2)21-34(39)42-5/h6,11-18,22,24,36,40H,1-2,7-10,19-21H2,3-5H3. The van der Waals surface area contributed by atoms with Gasteiger partial charge in [0.25, 0.3) is 0 Å². The number of hydrogen-bond acceptors (Lipinski definition) is 9. The van der Waals surface area contributed by atoms with Gasteiger partial charge >= 0.3 is 17.9 Å². The topological polar surface area (TPSA) is 118 Å². The molecule has 242 valence electrons. The van der Waals surface area contributed by atoms with Crippen LogP contribution in [0.3, 0.4) is 0 Å². The van der Waals surface area contributed by atoms with E-state index in [0.29, 0.717) is 30.3 Å². The van der Waals surface area contributed by atoms with E-state index in [-0.39, 0.29) is 17.9 Å². The summed E-state index contributed by atoms with van der Waals surface area (Å²) in [6.45, 7) is 12.2. The summed E-state index contributed by atoms with van der Waals surface area (Å²) in [5.41, 5.74) is 6.13. The Kier molecular flexibility index (Phi) is 11.8. The van der Waals surface area contributed by atoms with Crippen molar-refractivity contribution in [2.45, 2.75) is 58.2 Å². The molecule has 1 N–H and O–H groups in total. The summed E-state index contributed by atoms with van der Waals surface area (Å²) in [6.07, 6.45) is 3.25. The lowest BCUT2D eigenvalue weighted by Crippen LogP contribution is -2.20. The average Bonchev–Trinajstić information content (AvgIpc) is 3.34. The van der Waals surface area contributed by atoms with Gasteiger partial charge in [0.15, 0.2) is 0 Å². The first-order valence-corrected chi connectivity index (χ1v) is 15.2. The van der Waals surface area contributed by atoms with Crippen LogP contribution in [-0.4, -0.2) is 49.6 Å². The second kappa shape index (κ2) is 15.9. The van der Waals surface area contributed by atoms with Gasteiger partial charge in [-0.2, -0.15) is 0 Å². The SMILES string of the molecule is C=CC(=O)OCCCCCCOc1ccc2c(c1C)C(C)c1cc(C(=O)Oc3ccc(OC(O)C(=C)CC(=O)OC)cc3)ccc1-2. The molecular formula is C37H40O9. The molecule has 3 aromatic rings. The number of unbranched alkanes of at least 4 members (excludes halogenated alkanes) is 3. The third-order valence-corrected chi connectivity index (χ3v) is 7.88. The largest absolute Gasteiger partial charge is 0.493 e. The fraction of sp³-hybridized carbons (Fsp3) is 0.324. The molecule has 0 fully saturated rings. The molecule has 9 nitrogen and oxygen atoms in total. The number of fused-ring (bicyclic) bond motifs is 3. The number of aliphatic hydroxyl groups is 1. The maximum absolute atomic E-state index is 13.1. The summed E-state index contributed by atoms with van der Waals surface area (Å²) < 4.78 is 26.7. The van der Waals surface area contributed by atoms with E-state index in [0.717, 1.165) is 53.7 Å². The molecule has 0 aliphatic heterocycles. The summed E-state index contributed by atoms with van der Waals surface area (Å²) in [4.78, 5) is 35.6. The van der Waals surface area contributed by atoms with Crippen LogP contribution in [0, 0.1) is 6.92 Å². The summed E-state index contributed by atoms with van der Waals surface area (Å²) >= 11 is 0. The van der Waals surface area contributed by atoms with Crippen molar-refractivity contribution < 1.29 is 43.2 Å². The van der Waals surface area contributed by atoms with E-state index >= 15 is 0 Å². The first kappa shape index (κ1) is 34.0. The van der Waals surface area contributed by atoms with Gasteiger partial charge in [-0.25, -0.2) is 9.59 Å². The minimum atomic E-state index is -1.39. The maximum atomic E-state index is 13.1. The van der Waals surface area contributed by atoms with Crippen molar-refractivity contribution in [2.24, 2.45) is 0 Å². The lowest BCUT2D eigenvalue weighted by Gasteiger charge is -2.15. The van der Waals surface area contributed by atoms with Crippen LogP contribution < -0.4 is 14.2 Å². The summed E-state index contributed by atoms with van der Waals surface area (Å²) in [5, 5.41) is 10.1. The van der Waals surface area contributed by atoms with Crippen LogP contribution in [0.5, 0.6) is 17.2 Å². The Bertz CT molecular complexity index is 1590. The number of hydrogen-bond donors (Lipinski definition) is 1. The van der Waals surface area contributed by atoms with Gasteiger partial charge in [-0.15, -0.1) is 0 Å². The monoisotopic (exact) mass is 628 g/mol. The second-order valence-electron chi connectivity index (χ2n) is 11.1. The van der Waals surface area contributed by atoms with Gasteiger partial charge in [-0.05, 0) is 103 Å². The molecule has 0 saturated heterocycles. The van der Waals surface area contributed by atoms with Crippen LogP contribution in [0.4, 0.5) is 0 Å². The zero-order valence-corrected chi connectivity index (χ0v) is 26.5. The first-order valence-electron chi connectivity index (χ1n) is 15.2. The van der Waals surface area contributed by atoms with Crippen molar-refractivity contribution in [3.05, 3.63) is 102 Å². The number of carbonyl (C=O) groups excluding carboxylic acids is 3. The van der Waals surface area contributed by atoms with Crippen LogP contribution in [0.2, 0.25) is 0 Å². The highest BCUT2D eigenvalue weighted by atomic mass is 16.6. The van der Waals surface area contributed by atoms with E-state index in [1.165, 1.54) is 18.7 Å². The third-order valence-electron chi connectivity index (χ3n) is 7.88. The highest BCUT2D eigenvalue weighted by molar-refractivity contribution is 5.93. The van der Waals surface area contributed by atoms with Crippen molar-refractivity contribution in [3.8, 4) is 28.4 Å². The molecular weight excluding hydrogens is 588 g/mol. The zero-order valence-electron chi connectivity index (χ0n) is 26.5. The second-order valence-corrected chi connectivity index (χ2v) is 11.1. The van der Waals surface area contributed by atoms with E-state index in [2.05, 4.69) is 37.8 Å². The third kappa shape index (κ3) is 8.43. The molecule has 0 radical (unpaired) electrons. The van der Waals surface area contributed by atoms with Gasteiger partial charge in [-0.3, -0.25) is 4.79 Å². The number of benzene rings is 3. The van der Waals surface area contributed by atoms with Crippen LogP contribution in [-0.2, 0) is 19.1 Å². The number of methoxy groups -OCH3 is 1. The minimum Gasteiger partial charge on any atom is -0.493 e. The molecule has 46 heavy (non-hydrogen) atoms. The predicted octanol–water partition coefficient (Wildman–Crippen LogP) is 6.83. The Balaban J connectivity index is 1.32. The maximum Gasteiger partial charge on any atom is 0.343 e. The molecule has 4 rings (SSSR count). The van der Waals surface area contributed by atoms with Crippen molar-refractivity contribution >= 4 is 17.9 Å².